The molecule has 0 saturated carbocycles. The zero-order chi connectivity index (χ0) is 20.1. The Hall–Kier alpha value is -2.96. The van der Waals surface area contributed by atoms with E-state index in [2.05, 4.69) is 0 Å². The van der Waals surface area contributed by atoms with Crippen molar-refractivity contribution in [2.45, 2.75) is 13.3 Å². The number of methoxy groups -OCH3 is 2. The predicted molar refractivity (Wildman–Crippen MR) is 104 cm³/mol. The second kappa shape index (κ2) is 8.82. The summed E-state index contributed by atoms with van der Waals surface area (Å²) in [6.07, 6.45) is 2.10. The van der Waals surface area contributed by atoms with Crippen molar-refractivity contribution in [3.63, 3.8) is 0 Å². The van der Waals surface area contributed by atoms with Crippen LogP contribution in [0, 0.1) is 5.92 Å². The van der Waals surface area contributed by atoms with E-state index in [0.717, 1.165) is 5.56 Å². The first kappa shape index (κ1) is 19.8. The summed E-state index contributed by atoms with van der Waals surface area (Å²) in [5, 5.41) is 0. The van der Waals surface area contributed by atoms with Crippen molar-refractivity contribution in [2.75, 3.05) is 40.4 Å². The van der Waals surface area contributed by atoms with E-state index < -0.39 is 0 Å². The highest BCUT2D eigenvalue weighted by atomic mass is 16.5. The molecule has 0 spiro atoms. The SMILES string of the molecule is COc1ccc(CC(C)C(=O)N2CCN(C(=O)c3ccco3)CC2)cc1OC. The average Bonchev–Trinajstić information content (AvgIpc) is 3.27. The molecular formula is C21H26N2O5. The number of nitrogens with zero attached hydrogens (tertiary/aromatic N) is 2. The molecule has 2 aromatic rings. The molecule has 1 atom stereocenters. The molecule has 2 amide bonds. The Morgan fingerprint density at radius 1 is 1.04 bits per heavy atom. The minimum absolute atomic E-state index is 0.0971. The third kappa shape index (κ3) is 4.30. The Bertz CT molecular complexity index is 810. The molecule has 28 heavy (non-hydrogen) atoms. The standard InChI is InChI=1S/C21H26N2O5/c1-15(13-16-6-7-17(26-2)19(14-16)27-3)20(24)22-8-10-23(11-9-22)21(25)18-5-4-12-28-18/h4-7,12,14-15H,8-11,13H2,1-3H3. The van der Waals surface area contributed by atoms with Crippen molar-refractivity contribution in [1.29, 1.82) is 0 Å². The van der Waals surface area contributed by atoms with Gasteiger partial charge in [-0.15, -0.1) is 0 Å². The topological polar surface area (TPSA) is 72.2 Å². The number of benzene rings is 1. The zero-order valence-corrected chi connectivity index (χ0v) is 16.5. The van der Waals surface area contributed by atoms with Crippen LogP contribution in [0.1, 0.15) is 23.0 Å². The molecule has 0 N–H and O–H groups in total. The van der Waals surface area contributed by atoms with Crippen molar-refractivity contribution < 1.29 is 23.5 Å². The van der Waals surface area contributed by atoms with Gasteiger partial charge in [0.2, 0.25) is 5.91 Å². The number of amides is 2. The van der Waals surface area contributed by atoms with Crippen LogP contribution in [0.2, 0.25) is 0 Å². The first-order chi connectivity index (χ1) is 13.5. The maximum atomic E-state index is 12.8. The molecule has 7 nitrogen and oxygen atoms in total. The van der Waals surface area contributed by atoms with Crippen LogP contribution in [0.3, 0.4) is 0 Å². The molecule has 2 heterocycles. The maximum absolute atomic E-state index is 12.8. The van der Waals surface area contributed by atoms with Gasteiger partial charge in [0, 0.05) is 32.1 Å². The molecule has 1 aliphatic rings. The highest BCUT2D eigenvalue weighted by molar-refractivity contribution is 5.91. The lowest BCUT2D eigenvalue weighted by atomic mass is 9.99. The van der Waals surface area contributed by atoms with E-state index in [0.29, 0.717) is 49.9 Å². The lowest BCUT2D eigenvalue weighted by molar-refractivity contribution is -0.136. The largest absolute Gasteiger partial charge is 0.493 e. The Kier molecular flexibility index (Phi) is 6.23. The van der Waals surface area contributed by atoms with Crippen LogP contribution >= 0.6 is 0 Å². The Labute approximate surface area is 164 Å². The van der Waals surface area contributed by atoms with Gasteiger partial charge in [-0.2, -0.15) is 0 Å². The molecule has 1 aromatic carbocycles. The van der Waals surface area contributed by atoms with Gasteiger partial charge in [-0.05, 0) is 36.2 Å². The zero-order valence-electron chi connectivity index (χ0n) is 16.5. The summed E-state index contributed by atoms with van der Waals surface area (Å²) in [4.78, 5) is 28.7. The van der Waals surface area contributed by atoms with E-state index in [9.17, 15) is 9.59 Å². The summed E-state index contributed by atoms with van der Waals surface area (Å²) in [7, 11) is 3.19. The smallest absolute Gasteiger partial charge is 0.289 e. The molecule has 1 aliphatic heterocycles. The maximum Gasteiger partial charge on any atom is 0.289 e. The fourth-order valence-electron chi connectivity index (χ4n) is 3.45. The summed E-state index contributed by atoms with van der Waals surface area (Å²) in [6, 6.07) is 9.06. The number of ether oxygens (including phenoxy) is 2. The van der Waals surface area contributed by atoms with Crippen molar-refractivity contribution in [3.05, 3.63) is 47.9 Å². The molecule has 1 saturated heterocycles. The summed E-state index contributed by atoms with van der Waals surface area (Å²) in [6.45, 7) is 4.01. The number of rotatable bonds is 6. The Morgan fingerprint density at radius 2 is 1.71 bits per heavy atom. The third-order valence-corrected chi connectivity index (χ3v) is 5.02. The first-order valence-corrected chi connectivity index (χ1v) is 9.36. The second-order valence-electron chi connectivity index (χ2n) is 6.89. The summed E-state index contributed by atoms with van der Waals surface area (Å²) in [5.74, 6) is 1.47. The lowest BCUT2D eigenvalue weighted by Gasteiger charge is -2.35. The monoisotopic (exact) mass is 386 g/mol. The number of furan rings is 1. The summed E-state index contributed by atoms with van der Waals surface area (Å²) >= 11 is 0. The molecule has 0 bridgehead atoms. The quantitative estimate of drug-likeness (QED) is 0.763. The van der Waals surface area contributed by atoms with Crippen molar-refractivity contribution in [1.82, 2.24) is 9.80 Å². The van der Waals surface area contributed by atoms with Crippen LogP contribution in [0.15, 0.2) is 41.0 Å². The van der Waals surface area contributed by atoms with E-state index in [-0.39, 0.29) is 17.7 Å². The molecule has 7 heteroatoms. The van der Waals surface area contributed by atoms with Gasteiger partial charge < -0.3 is 23.7 Å². The number of piperazine rings is 1. The van der Waals surface area contributed by atoms with E-state index in [4.69, 9.17) is 13.9 Å². The van der Waals surface area contributed by atoms with Crippen LogP contribution in [0.5, 0.6) is 11.5 Å². The van der Waals surface area contributed by atoms with Crippen LogP contribution in [0.25, 0.3) is 0 Å². The predicted octanol–water partition coefficient (Wildman–Crippen LogP) is 2.46. The van der Waals surface area contributed by atoms with Crippen molar-refractivity contribution in [3.8, 4) is 11.5 Å². The minimum Gasteiger partial charge on any atom is -0.493 e. The molecule has 0 aliphatic carbocycles. The van der Waals surface area contributed by atoms with Gasteiger partial charge in [0.15, 0.2) is 17.3 Å². The lowest BCUT2D eigenvalue weighted by Crippen LogP contribution is -2.51. The molecule has 150 valence electrons. The van der Waals surface area contributed by atoms with Crippen molar-refractivity contribution >= 4 is 11.8 Å². The first-order valence-electron chi connectivity index (χ1n) is 9.36. The number of hydrogen-bond donors (Lipinski definition) is 0. The molecule has 0 radical (unpaired) electrons. The second-order valence-corrected chi connectivity index (χ2v) is 6.89. The van der Waals surface area contributed by atoms with E-state index in [1.165, 1.54) is 6.26 Å². The fourth-order valence-corrected chi connectivity index (χ4v) is 3.45. The van der Waals surface area contributed by atoms with Gasteiger partial charge in [-0.3, -0.25) is 9.59 Å². The van der Waals surface area contributed by atoms with Gasteiger partial charge >= 0.3 is 0 Å². The molecular weight excluding hydrogens is 360 g/mol. The number of carbonyl (C=O) groups excluding carboxylic acids is 2. The van der Waals surface area contributed by atoms with Crippen molar-refractivity contribution in [2.24, 2.45) is 5.92 Å². The van der Waals surface area contributed by atoms with Crippen LogP contribution in [0.4, 0.5) is 0 Å². The third-order valence-electron chi connectivity index (χ3n) is 5.02. The highest BCUT2D eigenvalue weighted by Gasteiger charge is 2.28. The Morgan fingerprint density at radius 3 is 2.32 bits per heavy atom. The Balaban J connectivity index is 1.55. The number of hydrogen-bond acceptors (Lipinski definition) is 5. The van der Waals surface area contributed by atoms with E-state index >= 15 is 0 Å². The van der Waals surface area contributed by atoms with Crippen LogP contribution < -0.4 is 9.47 Å². The molecule has 3 rings (SSSR count). The highest BCUT2D eigenvalue weighted by Crippen LogP contribution is 2.28. The van der Waals surface area contributed by atoms with Gasteiger partial charge in [0.05, 0.1) is 20.5 Å². The van der Waals surface area contributed by atoms with Gasteiger partial charge in [-0.25, -0.2) is 0 Å². The van der Waals surface area contributed by atoms with E-state index in [1.54, 1.807) is 31.3 Å². The van der Waals surface area contributed by atoms with E-state index in [1.807, 2.05) is 30.0 Å². The van der Waals surface area contributed by atoms with Crippen LogP contribution in [-0.2, 0) is 11.2 Å². The fraction of sp³-hybridized carbons (Fsp3) is 0.429. The molecule has 1 unspecified atom stereocenters. The molecule has 1 fully saturated rings. The normalized spacial score (nSPS) is 15.2. The summed E-state index contributed by atoms with van der Waals surface area (Å²) < 4.78 is 15.8. The minimum atomic E-state index is -0.162. The van der Waals surface area contributed by atoms with Gasteiger partial charge in [-0.1, -0.05) is 13.0 Å². The molecule has 1 aromatic heterocycles. The van der Waals surface area contributed by atoms with Gasteiger partial charge in [0.1, 0.15) is 0 Å². The van der Waals surface area contributed by atoms with Crippen LogP contribution in [-0.4, -0.2) is 62.0 Å². The average molecular weight is 386 g/mol. The number of carbonyl (C=O) groups is 2. The van der Waals surface area contributed by atoms with Gasteiger partial charge in [0.25, 0.3) is 5.91 Å². The summed E-state index contributed by atoms with van der Waals surface area (Å²) in [5.41, 5.74) is 1.02.